The number of carbonyl (C=O) groups excluding carboxylic acids is 2. The Bertz CT molecular complexity index is 1140. The van der Waals surface area contributed by atoms with E-state index >= 15 is 0 Å². The number of likely N-dealkylation sites (N-methyl/N-ethyl adjacent to an activating group) is 1. The van der Waals surface area contributed by atoms with E-state index in [1.165, 1.54) is 0 Å². The smallest absolute Gasteiger partial charge is 0.243 e. The molecule has 166 valence electrons. The lowest BCUT2D eigenvalue weighted by molar-refractivity contribution is -0.137. The van der Waals surface area contributed by atoms with Crippen LogP contribution >= 0.6 is 11.3 Å². The lowest BCUT2D eigenvalue weighted by Crippen LogP contribution is -2.40. The lowest BCUT2D eigenvalue weighted by atomic mass is 9.82. The number of hydrogen-bond acceptors (Lipinski definition) is 4. The molecule has 5 nitrogen and oxygen atoms in total. The van der Waals surface area contributed by atoms with E-state index in [9.17, 15) is 9.59 Å². The summed E-state index contributed by atoms with van der Waals surface area (Å²) in [5.74, 6) is -0.358. The van der Waals surface area contributed by atoms with Crippen molar-refractivity contribution in [2.24, 2.45) is 5.92 Å². The second-order valence-corrected chi connectivity index (χ2v) is 9.75. The number of rotatable bonds is 5. The molecule has 0 radical (unpaired) electrons. The first kappa shape index (κ1) is 22.2. The molecule has 1 heterocycles. The van der Waals surface area contributed by atoms with Gasteiger partial charge in [-0.25, -0.2) is 4.98 Å². The van der Waals surface area contributed by atoms with Crippen molar-refractivity contribution in [3.63, 3.8) is 0 Å². The Morgan fingerprint density at radius 1 is 1.09 bits per heavy atom. The zero-order chi connectivity index (χ0) is 22.8. The van der Waals surface area contributed by atoms with Crippen LogP contribution in [-0.2, 0) is 9.59 Å². The van der Waals surface area contributed by atoms with Crippen molar-refractivity contribution >= 4 is 39.1 Å². The Morgan fingerprint density at radius 3 is 2.50 bits per heavy atom. The maximum atomic E-state index is 13.4. The maximum absolute atomic E-state index is 13.4. The molecule has 4 rings (SSSR count). The van der Waals surface area contributed by atoms with Crippen molar-refractivity contribution in [2.45, 2.75) is 39.5 Å². The number of aromatic nitrogens is 1. The normalized spacial score (nSPS) is 18.0. The summed E-state index contributed by atoms with van der Waals surface area (Å²) in [6, 6.07) is 12.2. The number of aryl methyl sites for hydroxylation is 3. The zero-order valence-corrected chi connectivity index (χ0v) is 19.8. The molecule has 0 saturated carbocycles. The molecule has 32 heavy (non-hydrogen) atoms. The number of anilines is 1. The van der Waals surface area contributed by atoms with E-state index in [4.69, 9.17) is 4.98 Å². The van der Waals surface area contributed by atoms with E-state index in [0.29, 0.717) is 6.42 Å². The molecule has 3 aromatic rings. The predicted octanol–water partition coefficient (Wildman–Crippen LogP) is 5.37. The van der Waals surface area contributed by atoms with Crippen LogP contribution in [-0.4, -0.2) is 35.3 Å². The van der Waals surface area contributed by atoms with Gasteiger partial charge in [-0.05, 0) is 56.9 Å². The van der Waals surface area contributed by atoms with Gasteiger partial charge in [0.1, 0.15) is 0 Å². The predicted molar refractivity (Wildman–Crippen MR) is 131 cm³/mol. The molecule has 0 unspecified atom stereocenters. The number of carbonyl (C=O) groups is 2. The molecule has 6 heteroatoms. The first-order valence-corrected chi connectivity index (χ1v) is 11.8. The molecule has 0 bridgehead atoms. The quantitative estimate of drug-likeness (QED) is 0.535. The van der Waals surface area contributed by atoms with E-state index in [-0.39, 0.29) is 30.2 Å². The number of nitrogens with one attached hydrogen (secondary N) is 1. The van der Waals surface area contributed by atoms with Crippen molar-refractivity contribution < 1.29 is 9.59 Å². The molecule has 1 N–H and O–H groups in total. The number of para-hydroxylation sites is 1. The van der Waals surface area contributed by atoms with Gasteiger partial charge in [0.05, 0.1) is 27.7 Å². The van der Waals surface area contributed by atoms with Gasteiger partial charge < -0.3 is 10.2 Å². The van der Waals surface area contributed by atoms with Crippen molar-refractivity contribution in [1.82, 2.24) is 9.88 Å². The fourth-order valence-electron chi connectivity index (χ4n) is 4.54. The molecule has 0 saturated heterocycles. The molecule has 0 fully saturated rings. The van der Waals surface area contributed by atoms with Crippen LogP contribution in [0.4, 0.5) is 5.69 Å². The molecule has 1 aliphatic carbocycles. The zero-order valence-electron chi connectivity index (χ0n) is 19.0. The van der Waals surface area contributed by atoms with Crippen LogP contribution in [0.25, 0.3) is 10.2 Å². The number of thiazole rings is 1. The fraction of sp³-hybridized carbons (Fsp3) is 0.346. The molecule has 1 aliphatic rings. The van der Waals surface area contributed by atoms with E-state index in [2.05, 4.69) is 35.7 Å². The van der Waals surface area contributed by atoms with Gasteiger partial charge in [0.25, 0.3) is 0 Å². The number of fused-ring (bicyclic) bond motifs is 1. The second kappa shape index (κ2) is 9.25. The Morgan fingerprint density at radius 2 is 1.78 bits per heavy atom. The van der Waals surface area contributed by atoms with Crippen LogP contribution in [0.3, 0.4) is 0 Å². The first-order chi connectivity index (χ1) is 15.3. The summed E-state index contributed by atoms with van der Waals surface area (Å²) in [6.45, 7) is 6.04. The molecular formula is C26H29N3O2S. The minimum absolute atomic E-state index is 0.00824. The van der Waals surface area contributed by atoms with E-state index in [1.54, 1.807) is 23.3 Å². The number of amides is 2. The monoisotopic (exact) mass is 447 g/mol. The average molecular weight is 448 g/mol. The summed E-state index contributed by atoms with van der Waals surface area (Å²) in [5, 5.41) is 4.00. The van der Waals surface area contributed by atoms with Gasteiger partial charge in [0.2, 0.25) is 11.8 Å². The van der Waals surface area contributed by atoms with Crippen molar-refractivity contribution in [2.75, 3.05) is 18.9 Å². The van der Waals surface area contributed by atoms with Gasteiger partial charge >= 0.3 is 0 Å². The van der Waals surface area contributed by atoms with E-state index < -0.39 is 0 Å². The van der Waals surface area contributed by atoms with Crippen LogP contribution in [0, 0.1) is 26.7 Å². The van der Waals surface area contributed by atoms with Crippen LogP contribution in [0.15, 0.2) is 48.6 Å². The standard InChI is InChI=1S/C26H29N3O2S/c1-16-13-17(2)24(18(3)14-16)28-23(30)15-29(4)26(31)20-10-6-5-9-19(20)25-27-21-11-7-8-12-22(21)32-25/h5-8,11-14,19-20H,9-10,15H2,1-4H3,(H,28,30)/t19-,20+/m0/s1. The summed E-state index contributed by atoms with van der Waals surface area (Å²) >= 11 is 1.66. The third kappa shape index (κ3) is 4.60. The van der Waals surface area contributed by atoms with Gasteiger partial charge in [0, 0.05) is 18.7 Å². The lowest BCUT2D eigenvalue weighted by Gasteiger charge is -2.29. The SMILES string of the molecule is Cc1cc(C)c(NC(=O)CN(C)C(=O)[C@@H]2CC=CC[C@@H]2c2nc3ccccc3s2)c(C)c1. The van der Waals surface area contributed by atoms with Crippen LogP contribution in [0.2, 0.25) is 0 Å². The van der Waals surface area contributed by atoms with Crippen molar-refractivity contribution in [1.29, 1.82) is 0 Å². The summed E-state index contributed by atoms with van der Waals surface area (Å²) in [6.07, 6.45) is 5.66. The Balaban J connectivity index is 1.47. The van der Waals surface area contributed by atoms with Gasteiger partial charge in [-0.15, -0.1) is 11.3 Å². The molecule has 2 atom stereocenters. The topological polar surface area (TPSA) is 62.3 Å². The van der Waals surface area contributed by atoms with E-state index in [1.807, 2.05) is 39.0 Å². The third-order valence-corrected chi connectivity index (χ3v) is 7.24. The Labute approximate surface area is 193 Å². The van der Waals surface area contributed by atoms with Crippen LogP contribution in [0.1, 0.15) is 40.5 Å². The fourth-order valence-corrected chi connectivity index (χ4v) is 5.69. The van der Waals surface area contributed by atoms with Gasteiger partial charge in [-0.2, -0.15) is 0 Å². The number of benzene rings is 2. The van der Waals surface area contributed by atoms with Gasteiger partial charge in [-0.3, -0.25) is 9.59 Å². The summed E-state index contributed by atoms with van der Waals surface area (Å²) in [7, 11) is 1.71. The van der Waals surface area contributed by atoms with Crippen molar-refractivity contribution in [3.8, 4) is 0 Å². The molecule has 2 amide bonds. The van der Waals surface area contributed by atoms with Gasteiger partial charge in [-0.1, -0.05) is 42.0 Å². The first-order valence-electron chi connectivity index (χ1n) is 11.0. The highest BCUT2D eigenvalue weighted by atomic mass is 32.1. The summed E-state index contributed by atoms with van der Waals surface area (Å²) < 4.78 is 1.14. The highest BCUT2D eigenvalue weighted by molar-refractivity contribution is 7.18. The van der Waals surface area contributed by atoms with Crippen LogP contribution in [0.5, 0.6) is 0 Å². The molecule has 0 aliphatic heterocycles. The average Bonchev–Trinajstić information content (AvgIpc) is 3.20. The number of hydrogen-bond donors (Lipinski definition) is 1. The molecule has 1 aromatic heterocycles. The van der Waals surface area contributed by atoms with Gasteiger partial charge in [0.15, 0.2) is 0 Å². The summed E-state index contributed by atoms with van der Waals surface area (Å²) in [4.78, 5) is 32.5. The van der Waals surface area contributed by atoms with E-state index in [0.717, 1.165) is 44.0 Å². The largest absolute Gasteiger partial charge is 0.336 e. The number of allylic oxidation sites excluding steroid dienone is 2. The van der Waals surface area contributed by atoms with Crippen LogP contribution < -0.4 is 5.32 Å². The van der Waals surface area contributed by atoms with Crippen molar-refractivity contribution in [3.05, 3.63) is 70.2 Å². The maximum Gasteiger partial charge on any atom is 0.243 e. The molecule has 2 aromatic carbocycles. The molecular weight excluding hydrogens is 418 g/mol. The molecule has 0 spiro atoms. The second-order valence-electron chi connectivity index (χ2n) is 8.69. The highest BCUT2D eigenvalue weighted by Gasteiger charge is 2.34. The highest BCUT2D eigenvalue weighted by Crippen LogP contribution is 2.39. The third-order valence-electron chi connectivity index (χ3n) is 6.08. The minimum atomic E-state index is -0.207. The Kier molecular flexibility index (Phi) is 6.42. The summed E-state index contributed by atoms with van der Waals surface area (Å²) in [5.41, 5.74) is 5.02. The number of nitrogens with zero attached hydrogens (tertiary/aromatic N) is 2. The minimum Gasteiger partial charge on any atom is -0.336 e. The Hall–Kier alpha value is -2.99.